The van der Waals surface area contributed by atoms with Gasteiger partial charge in [0, 0.05) is 19.2 Å². The summed E-state index contributed by atoms with van der Waals surface area (Å²) in [6, 6.07) is 0. The number of halogens is 3. The van der Waals surface area contributed by atoms with Gasteiger partial charge in [0.2, 0.25) is 0 Å². The quantitative estimate of drug-likeness (QED) is 0.460. The number of nitrogens with one attached hydrogen (secondary N) is 1. The predicted octanol–water partition coefficient (Wildman–Crippen LogP) is 5.21. The largest absolute Gasteiger partial charge is 0.495 e. The summed E-state index contributed by atoms with van der Waals surface area (Å²) in [5.41, 5.74) is 2.43. The van der Waals surface area contributed by atoms with Crippen LogP contribution in [0.1, 0.15) is 80.8 Å². The highest BCUT2D eigenvalue weighted by Gasteiger charge is 2.37. The Labute approximate surface area is 217 Å². The van der Waals surface area contributed by atoms with E-state index >= 15 is 0 Å². The Morgan fingerprint density at radius 2 is 1.89 bits per heavy atom. The number of allylic oxidation sites excluding steroid dienone is 3. The number of carbonyl (C=O) groups excluding carboxylic acids is 1. The van der Waals surface area contributed by atoms with Gasteiger partial charge in [0.1, 0.15) is 27.1 Å². The number of methoxy groups -OCH3 is 1. The number of aryl methyl sites for hydroxylation is 1. The Morgan fingerprint density at radius 1 is 1.24 bits per heavy atom. The monoisotopic (exact) mass is 545 g/mol. The van der Waals surface area contributed by atoms with Crippen molar-refractivity contribution in [3.8, 4) is 0 Å². The molecule has 1 N–H and O–H groups in total. The van der Waals surface area contributed by atoms with E-state index in [-0.39, 0.29) is 23.5 Å². The van der Waals surface area contributed by atoms with E-state index in [4.69, 9.17) is 4.74 Å². The molecule has 2 aliphatic rings. The van der Waals surface area contributed by atoms with Gasteiger partial charge >= 0.3 is 6.18 Å². The lowest BCUT2D eigenvalue weighted by Crippen LogP contribution is -2.34. The molecule has 1 aromatic heterocycles. The van der Waals surface area contributed by atoms with Gasteiger partial charge in [-0.2, -0.15) is 13.2 Å². The SMILES string of the molecule is CCc1nc(C(=O)NCC2CCC(S(C)(=O)=O)CC2)c(C)n1C1=C(OC)C=C(CC(C)C(F)(F)F)CC1. The van der Waals surface area contributed by atoms with Crippen LogP contribution in [0.2, 0.25) is 0 Å². The lowest BCUT2D eigenvalue weighted by molar-refractivity contribution is -0.169. The van der Waals surface area contributed by atoms with Crippen molar-refractivity contribution in [2.24, 2.45) is 11.8 Å². The van der Waals surface area contributed by atoms with E-state index < -0.39 is 21.9 Å². The molecule has 208 valence electrons. The molecule has 7 nitrogen and oxygen atoms in total. The Balaban J connectivity index is 1.76. The zero-order chi connectivity index (χ0) is 27.5. The summed E-state index contributed by atoms with van der Waals surface area (Å²) in [7, 11) is -1.54. The van der Waals surface area contributed by atoms with Gasteiger partial charge in [-0.25, -0.2) is 13.4 Å². The maximum absolute atomic E-state index is 13.1. The normalized spacial score (nSPS) is 22.0. The van der Waals surface area contributed by atoms with E-state index in [2.05, 4.69) is 10.3 Å². The summed E-state index contributed by atoms with van der Waals surface area (Å²) >= 11 is 0. The molecule has 0 spiro atoms. The average Bonchev–Trinajstić information content (AvgIpc) is 3.17. The fourth-order valence-electron chi connectivity index (χ4n) is 5.27. The van der Waals surface area contributed by atoms with Crippen LogP contribution in [-0.4, -0.2) is 55.2 Å². The number of hydrogen-bond donors (Lipinski definition) is 1. The summed E-state index contributed by atoms with van der Waals surface area (Å²) in [6.07, 6.45) is 2.87. The van der Waals surface area contributed by atoms with Crippen molar-refractivity contribution in [1.82, 2.24) is 14.9 Å². The number of rotatable bonds is 9. The molecule has 1 amide bonds. The van der Waals surface area contributed by atoms with Gasteiger partial charge < -0.3 is 14.6 Å². The molecule has 1 atom stereocenters. The smallest absolute Gasteiger partial charge is 0.391 e. The van der Waals surface area contributed by atoms with E-state index in [9.17, 15) is 26.4 Å². The number of sulfone groups is 1. The van der Waals surface area contributed by atoms with Crippen molar-refractivity contribution in [3.63, 3.8) is 0 Å². The Hall–Kier alpha value is -2.30. The zero-order valence-electron chi connectivity index (χ0n) is 22.2. The maximum atomic E-state index is 13.1. The van der Waals surface area contributed by atoms with Crippen LogP contribution in [-0.2, 0) is 21.0 Å². The summed E-state index contributed by atoms with van der Waals surface area (Å²) < 4.78 is 70.2. The lowest BCUT2D eigenvalue weighted by Gasteiger charge is -2.27. The van der Waals surface area contributed by atoms with Crippen molar-refractivity contribution in [2.45, 2.75) is 83.6 Å². The highest BCUT2D eigenvalue weighted by atomic mass is 32.2. The fourth-order valence-corrected chi connectivity index (χ4v) is 6.40. The van der Waals surface area contributed by atoms with Crippen LogP contribution in [0.5, 0.6) is 0 Å². The first kappa shape index (κ1) is 29.3. The van der Waals surface area contributed by atoms with E-state index in [0.717, 1.165) is 18.5 Å². The highest BCUT2D eigenvalue weighted by Crippen LogP contribution is 2.37. The van der Waals surface area contributed by atoms with Crippen molar-refractivity contribution < 1.29 is 31.1 Å². The van der Waals surface area contributed by atoms with Gasteiger partial charge in [-0.15, -0.1) is 0 Å². The van der Waals surface area contributed by atoms with E-state index in [1.165, 1.54) is 20.3 Å². The third-order valence-electron chi connectivity index (χ3n) is 7.58. The Kier molecular flexibility index (Phi) is 9.18. The van der Waals surface area contributed by atoms with Crippen molar-refractivity contribution >= 4 is 21.4 Å². The second kappa shape index (κ2) is 11.6. The van der Waals surface area contributed by atoms with Crippen LogP contribution in [0, 0.1) is 18.8 Å². The minimum Gasteiger partial charge on any atom is -0.495 e. The zero-order valence-corrected chi connectivity index (χ0v) is 23.1. The molecule has 1 fully saturated rings. The number of amides is 1. The molecule has 1 heterocycles. The standard InChI is InChI=1S/C26H38F3N3O4S/c1-6-23-31-24(25(33)30-15-18-7-10-20(11-8-18)37(5,34)35)17(3)32(23)21-12-9-19(14-22(21)36-4)13-16(2)26(27,28)29/h14,16,18,20H,6-13,15H2,1-5H3,(H,30,33). The van der Waals surface area contributed by atoms with Gasteiger partial charge in [-0.1, -0.05) is 19.4 Å². The molecule has 3 rings (SSSR count). The number of alkyl halides is 3. The maximum Gasteiger partial charge on any atom is 0.391 e. The first-order chi connectivity index (χ1) is 17.3. The lowest BCUT2D eigenvalue weighted by atomic mass is 9.89. The second-order valence-corrected chi connectivity index (χ2v) is 12.6. The molecule has 1 saturated carbocycles. The molecule has 0 saturated heterocycles. The second-order valence-electron chi connectivity index (χ2n) is 10.3. The average molecular weight is 546 g/mol. The van der Waals surface area contributed by atoms with Crippen LogP contribution < -0.4 is 5.32 Å². The number of imidazole rings is 1. The third kappa shape index (κ3) is 6.97. The Bertz CT molecular complexity index is 1160. The third-order valence-corrected chi connectivity index (χ3v) is 9.26. The summed E-state index contributed by atoms with van der Waals surface area (Å²) in [4.78, 5) is 17.7. The number of ether oxygens (including phenoxy) is 1. The molecule has 2 aliphatic carbocycles. The van der Waals surface area contributed by atoms with Gasteiger partial charge in [0.15, 0.2) is 0 Å². The molecule has 11 heteroatoms. The topological polar surface area (TPSA) is 90.3 Å². The number of nitrogens with zero attached hydrogens (tertiary/aromatic N) is 2. The van der Waals surface area contributed by atoms with Crippen molar-refractivity contribution in [2.75, 3.05) is 19.9 Å². The molecule has 0 bridgehead atoms. The van der Waals surface area contributed by atoms with Crippen molar-refractivity contribution in [1.29, 1.82) is 0 Å². The fraction of sp³-hybridized carbons (Fsp3) is 0.692. The van der Waals surface area contributed by atoms with Gasteiger partial charge in [-0.05, 0) is 63.9 Å². The first-order valence-electron chi connectivity index (χ1n) is 12.8. The molecular formula is C26H38F3N3O4S. The molecule has 0 radical (unpaired) electrons. The van der Waals surface area contributed by atoms with Crippen LogP contribution in [0.25, 0.3) is 5.70 Å². The van der Waals surface area contributed by atoms with Gasteiger partial charge in [0.25, 0.3) is 5.91 Å². The summed E-state index contributed by atoms with van der Waals surface area (Å²) in [5, 5.41) is 2.67. The minimum atomic E-state index is -4.25. The summed E-state index contributed by atoms with van der Waals surface area (Å²) in [6.45, 7) is 5.38. The van der Waals surface area contributed by atoms with Crippen LogP contribution >= 0.6 is 0 Å². The van der Waals surface area contributed by atoms with Crippen LogP contribution in [0.3, 0.4) is 0 Å². The molecule has 1 aromatic rings. The summed E-state index contributed by atoms with van der Waals surface area (Å²) in [5.74, 6) is -0.335. The number of hydrogen-bond acceptors (Lipinski definition) is 5. The van der Waals surface area contributed by atoms with E-state index in [0.29, 0.717) is 67.2 Å². The van der Waals surface area contributed by atoms with E-state index in [1.807, 2.05) is 18.4 Å². The van der Waals surface area contributed by atoms with Gasteiger partial charge in [-0.3, -0.25) is 4.79 Å². The Morgan fingerprint density at radius 3 is 2.43 bits per heavy atom. The molecule has 1 unspecified atom stereocenters. The predicted molar refractivity (Wildman–Crippen MR) is 137 cm³/mol. The molecular weight excluding hydrogens is 507 g/mol. The highest BCUT2D eigenvalue weighted by molar-refractivity contribution is 7.91. The van der Waals surface area contributed by atoms with E-state index in [1.54, 1.807) is 6.08 Å². The molecule has 0 aromatic carbocycles. The first-order valence-corrected chi connectivity index (χ1v) is 14.8. The molecule has 0 aliphatic heterocycles. The number of aromatic nitrogens is 2. The number of carbonyl (C=O) groups is 1. The van der Waals surface area contributed by atoms with Crippen molar-refractivity contribution in [3.05, 3.63) is 34.6 Å². The van der Waals surface area contributed by atoms with Crippen LogP contribution in [0.4, 0.5) is 13.2 Å². The molecule has 37 heavy (non-hydrogen) atoms. The van der Waals surface area contributed by atoms with Crippen LogP contribution in [0.15, 0.2) is 17.4 Å². The minimum absolute atomic E-state index is 0.0764. The van der Waals surface area contributed by atoms with Gasteiger partial charge in [0.05, 0.1) is 29.7 Å².